The van der Waals surface area contributed by atoms with Crippen molar-refractivity contribution in [2.45, 2.75) is 27.7 Å². The summed E-state index contributed by atoms with van der Waals surface area (Å²) in [5, 5.41) is 2.27. The van der Waals surface area contributed by atoms with E-state index in [4.69, 9.17) is 0 Å². The lowest BCUT2D eigenvalue weighted by Gasteiger charge is -2.30. The second kappa shape index (κ2) is 20.1. The average molecular weight is 968 g/mol. The van der Waals surface area contributed by atoms with Crippen molar-refractivity contribution in [3.05, 3.63) is 295 Å². The fourth-order valence-electron chi connectivity index (χ4n) is 10.4. The van der Waals surface area contributed by atoms with Crippen molar-refractivity contribution in [2.24, 2.45) is 0 Å². The van der Waals surface area contributed by atoms with Crippen molar-refractivity contribution in [1.82, 2.24) is 4.57 Å². The smallest absolute Gasteiger partial charge is 0.0542 e. The molecule has 0 unspecified atom stereocenters. The molecule has 0 fully saturated rings. The van der Waals surface area contributed by atoms with Crippen molar-refractivity contribution in [2.75, 3.05) is 19.6 Å². The molecule has 5 heteroatoms. The third-order valence-electron chi connectivity index (χ3n) is 14.1. The van der Waals surface area contributed by atoms with Crippen molar-refractivity contribution in [3.8, 4) is 5.69 Å². The van der Waals surface area contributed by atoms with Gasteiger partial charge in [0.2, 0.25) is 0 Å². The SMILES string of the molecule is Cc1ccc(N(c2ccccc2)c2cc(N(c3ccccc3)c3ccc(C)cc3)cc(-n3c4ccc(N(c5ccccc5)c5ccc(C)cc5)cc4c4cc(N(c5ccccc5)c5ccc(C)cc5)ccc43)c2)cc1. The summed E-state index contributed by atoms with van der Waals surface area (Å²) < 4.78 is 2.47. The standard InChI is InChI=1S/C70H57N5/c1-50-25-33-58(34-26-50)71(54-17-9-5-10-18-54)62-41-43-69-67(48-62)68-49-63(72(55-19-11-6-12-20-55)59-35-27-51(2)28-36-59)42-44-70(68)75(69)66-46-64(73(56-21-13-7-14-22-56)60-37-29-52(3)30-38-60)45-65(47-66)74(57-23-15-8-16-24-57)61-39-31-53(4)32-40-61/h5-49H,1-4H3. The van der Waals surface area contributed by atoms with Crippen LogP contribution < -0.4 is 19.6 Å². The predicted octanol–water partition coefficient (Wildman–Crippen LogP) is 19.9. The van der Waals surface area contributed by atoms with Gasteiger partial charge in [-0.25, -0.2) is 0 Å². The lowest BCUT2D eigenvalue weighted by atomic mass is 10.1. The van der Waals surface area contributed by atoms with Gasteiger partial charge in [-0.05, 0) is 179 Å². The van der Waals surface area contributed by atoms with Crippen LogP contribution in [0.2, 0.25) is 0 Å². The molecule has 0 bridgehead atoms. The first-order chi connectivity index (χ1) is 36.8. The number of aryl methyl sites for hydroxylation is 4. The first kappa shape index (κ1) is 46.5. The van der Waals surface area contributed by atoms with Crippen LogP contribution in [0.5, 0.6) is 0 Å². The molecule has 1 aromatic heterocycles. The van der Waals surface area contributed by atoms with E-state index >= 15 is 0 Å². The molecule has 0 saturated carbocycles. The van der Waals surface area contributed by atoms with Gasteiger partial charge in [0.25, 0.3) is 0 Å². The van der Waals surface area contributed by atoms with Gasteiger partial charge >= 0.3 is 0 Å². The summed E-state index contributed by atoms with van der Waals surface area (Å²) in [7, 11) is 0. The molecule has 0 amide bonds. The van der Waals surface area contributed by atoms with E-state index in [1.54, 1.807) is 0 Å². The molecule has 0 saturated heterocycles. The van der Waals surface area contributed by atoms with Crippen LogP contribution in [0.1, 0.15) is 22.3 Å². The Bertz CT molecular complexity index is 3640. The van der Waals surface area contributed by atoms with E-state index in [2.05, 4.69) is 325 Å². The van der Waals surface area contributed by atoms with E-state index in [0.29, 0.717) is 0 Å². The maximum atomic E-state index is 2.47. The Kier molecular flexibility index (Phi) is 12.5. The van der Waals surface area contributed by atoms with Crippen LogP contribution in [0.15, 0.2) is 273 Å². The van der Waals surface area contributed by atoms with Crippen molar-refractivity contribution in [1.29, 1.82) is 0 Å². The van der Waals surface area contributed by atoms with Crippen LogP contribution in [0.4, 0.5) is 68.2 Å². The topological polar surface area (TPSA) is 17.9 Å². The van der Waals surface area contributed by atoms with Crippen LogP contribution in [-0.2, 0) is 0 Å². The number of rotatable bonds is 13. The molecule has 11 aromatic carbocycles. The lowest BCUT2D eigenvalue weighted by Crippen LogP contribution is -2.14. The number of aromatic nitrogens is 1. The van der Waals surface area contributed by atoms with Gasteiger partial charge in [0.1, 0.15) is 0 Å². The zero-order valence-electron chi connectivity index (χ0n) is 42.7. The van der Waals surface area contributed by atoms with Crippen LogP contribution in [0.25, 0.3) is 27.5 Å². The first-order valence-corrected chi connectivity index (χ1v) is 25.7. The molecule has 0 atom stereocenters. The van der Waals surface area contributed by atoms with E-state index < -0.39 is 0 Å². The number of anilines is 12. The largest absolute Gasteiger partial charge is 0.310 e. The Hall–Kier alpha value is -9.58. The molecule has 12 rings (SSSR count). The third-order valence-corrected chi connectivity index (χ3v) is 14.1. The number of benzene rings is 11. The highest BCUT2D eigenvalue weighted by Crippen LogP contribution is 2.46. The number of fused-ring (bicyclic) bond motifs is 3. The fourth-order valence-corrected chi connectivity index (χ4v) is 10.4. The normalized spacial score (nSPS) is 11.2. The minimum atomic E-state index is 1.03. The van der Waals surface area contributed by atoms with E-state index in [0.717, 1.165) is 95.7 Å². The minimum absolute atomic E-state index is 1.03. The third kappa shape index (κ3) is 9.28. The summed E-state index contributed by atoms with van der Waals surface area (Å²) in [5.74, 6) is 0. The second-order valence-corrected chi connectivity index (χ2v) is 19.5. The maximum absolute atomic E-state index is 2.47. The molecule has 12 aromatic rings. The Labute approximate surface area is 440 Å². The summed E-state index contributed by atoms with van der Waals surface area (Å²) in [6.45, 7) is 8.58. The van der Waals surface area contributed by atoms with Gasteiger partial charge in [0.05, 0.1) is 28.1 Å². The molecule has 5 nitrogen and oxygen atoms in total. The average Bonchev–Trinajstić information content (AvgIpc) is 3.78. The second-order valence-electron chi connectivity index (χ2n) is 19.5. The molecule has 0 radical (unpaired) electrons. The summed E-state index contributed by atoms with van der Waals surface area (Å²) >= 11 is 0. The monoisotopic (exact) mass is 967 g/mol. The number of nitrogens with zero attached hydrogens (tertiary/aromatic N) is 5. The van der Waals surface area contributed by atoms with Gasteiger partial charge in [-0.15, -0.1) is 0 Å². The quantitative estimate of drug-likeness (QED) is 0.115. The molecule has 0 spiro atoms. The van der Waals surface area contributed by atoms with Gasteiger partial charge in [-0.3, -0.25) is 0 Å². The van der Waals surface area contributed by atoms with Crippen molar-refractivity contribution < 1.29 is 0 Å². The van der Waals surface area contributed by atoms with E-state index in [1.165, 1.54) is 22.3 Å². The van der Waals surface area contributed by atoms with Gasteiger partial charge in [-0.1, -0.05) is 144 Å². The van der Waals surface area contributed by atoms with E-state index in [9.17, 15) is 0 Å². The van der Waals surface area contributed by atoms with Gasteiger partial charge in [-0.2, -0.15) is 0 Å². The number of hydrogen-bond acceptors (Lipinski definition) is 4. The van der Waals surface area contributed by atoms with Crippen LogP contribution >= 0.6 is 0 Å². The molecule has 0 N–H and O–H groups in total. The molecule has 1 heterocycles. The Morgan fingerprint density at radius 1 is 0.213 bits per heavy atom. The molecular formula is C70H57N5. The van der Waals surface area contributed by atoms with Gasteiger partial charge in [0.15, 0.2) is 0 Å². The highest BCUT2D eigenvalue weighted by molar-refractivity contribution is 6.12. The van der Waals surface area contributed by atoms with Gasteiger partial charge < -0.3 is 24.2 Å². The van der Waals surface area contributed by atoms with E-state index in [-0.39, 0.29) is 0 Å². The first-order valence-electron chi connectivity index (χ1n) is 25.7. The Morgan fingerprint density at radius 2 is 0.453 bits per heavy atom. The van der Waals surface area contributed by atoms with Crippen molar-refractivity contribution >= 4 is 90.1 Å². The molecule has 75 heavy (non-hydrogen) atoms. The molecule has 0 aliphatic heterocycles. The Morgan fingerprint density at radius 3 is 0.733 bits per heavy atom. The van der Waals surface area contributed by atoms with Crippen molar-refractivity contribution in [3.63, 3.8) is 0 Å². The highest BCUT2D eigenvalue weighted by Gasteiger charge is 2.24. The zero-order valence-corrected chi connectivity index (χ0v) is 42.7. The summed E-state index contributed by atoms with van der Waals surface area (Å²) in [6, 6.07) is 99.3. The molecule has 0 aliphatic rings. The van der Waals surface area contributed by atoms with Crippen LogP contribution in [0, 0.1) is 27.7 Å². The molecule has 362 valence electrons. The maximum Gasteiger partial charge on any atom is 0.0542 e. The molecule has 0 aliphatic carbocycles. The summed E-state index contributed by atoms with van der Waals surface area (Å²) in [6.07, 6.45) is 0. The fraction of sp³-hybridized carbons (Fsp3) is 0.0571. The van der Waals surface area contributed by atoms with E-state index in [1.807, 2.05) is 0 Å². The molecular weight excluding hydrogens is 911 g/mol. The zero-order chi connectivity index (χ0) is 50.8. The van der Waals surface area contributed by atoms with Gasteiger partial charge in [0, 0.05) is 67.6 Å². The summed E-state index contributed by atoms with van der Waals surface area (Å²) in [4.78, 5) is 9.50. The van der Waals surface area contributed by atoms with Crippen LogP contribution in [0.3, 0.4) is 0 Å². The van der Waals surface area contributed by atoms with Crippen LogP contribution in [-0.4, -0.2) is 4.57 Å². The Balaban J connectivity index is 1.16. The number of hydrogen-bond donors (Lipinski definition) is 0. The lowest BCUT2D eigenvalue weighted by molar-refractivity contribution is 1.15. The summed E-state index contributed by atoms with van der Waals surface area (Å²) in [5.41, 5.74) is 20.9. The number of para-hydroxylation sites is 4. The predicted molar refractivity (Wildman–Crippen MR) is 318 cm³/mol. The highest BCUT2D eigenvalue weighted by atomic mass is 15.2. The minimum Gasteiger partial charge on any atom is -0.310 e.